The Labute approximate surface area is 96.9 Å². The fourth-order valence-corrected chi connectivity index (χ4v) is 2.21. The van der Waals surface area contributed by atoms with Crippen LogP contribution < -0.4 is 0 Å². The maximum atomic E-state index is 12.8. The van der Waals surface area contributed by atoms with Gasteiger partial charge in [-0.05, 0) is 41.8 Å². The summed E-state index contributed by atoms with van der Waals surface area (Å²) in [7, 11) is 0. The SMILES string of the molecule is Cc1ccc(-c2ccc(F)cc2)c(Br)c1. The zero-order chi connectivity index (χ0) is 10.8. The Kier molecular flexibility index (Phi) is 2.87. The average Bonchev–Trinajstić information content (AvgIpc) is 2.20. The van der Waals surface area contributed by atoms with E-state index in [2.05, 4.69) is 22.0 Å². The predicted molar refractivity (Wildman–Crippen MR) is 64.3 cm³/mol. The number of aryl methyl sites for hydroxylation is 1. The quantitative estimate of drug-likeness (QED) is 0.708. The number of hydrogen-bond acceptors (Lipinski definition) is 0. The zero-order valence-corrected chi connectivity index (χ0v) is 9.88. The van der Waals surface area contributed by atoms with E-state index in [1.165, 1.54) is 17.7 Å². The standard InChI is InChI=1S/C13H10BrF/c1-9-2-7-12(13(14)8-9)10-3-5-11(15)6-4-10/h2-8H,1H3. The van der Waals surface area contributed by atoms with Gasteiger partial charge in [0.25, 0.3) is 0 Å². The largest absolute Gasteiger partial charge is 0.207 e. The van der Waals surface area contributed by atoms with Gasteiger partial charge in [0.15, 0.2) is 0 Å². The van der Waals surface area contributed by atoms with Gasteiger partial charge in [-0.2, -0.15) is 0 Å². The van der Waals surface area contributed by atoms with Gasteiger partial charge in [-0.3, -0.25) is 0 Å². The van der Waals surface area contributed by atoms with Gasteiger partial charge in [0.2, 0.25) is 0 Å². The van der Waals surface area contributed by atoms with Crippen LogP contribution >= 0.6 is 15.9 Å². The third kappa shape index (κ3) is 2.26. The molecule has 0 saturated carbocycles. The van der Waals surface area contributed by atoms with Crippen molar-refractivity contribution in [1.29, 1.82) is 0 Å². The molecule has 0 saturated heterocycles. The first-order valence-electron chi connectivity index (χ1n) is 4.69. The molecular weight excluding hydrogens is 255 g/mol. The van der Waals surface area contributed by atoms with E-state index in [0.29, 0.717) is 0 Å². The van der Waals surface area contributed by atoms with E-state index in [0.717, 1.165) is 15.6 Å². The van der Waals surface area contributed by atoms with Gasteiger partial charge in [-0.25, -0.2) is 4.39 Å². The van der Waals surface area contributed by atoms with Crippen LogP contribution in [0.4, 0.5) is 4.39 Å². The first kappa shape index (κ1) is 10.4. The zero-order valence-electron chi connectivity index (χ0n) is 8.30. The number of hydrogen-bond donors (Lipinski definition) is 0. The van der Waals surface area contributed by atoms with E-state index in [-0.39, 0.29) is 5.82 Å². The molecule has 0 unspecified atom stereocenters. The van der Waals surface area contributed by atoms with Gasteiger partial charge in [-0.15, -0.1) is 0 Å². The van der Waals surface area contributed by atoms with Gasteiger partial charge in [-0.1, -0.05) is 40.2 Å². The minimum absolute atomic E-state index is 0.206. The highest BCUT2D eigenvalue weighted by atomic mass is 79.9. The fourth-order valence-electron chi connectivity index (χ4n) is 1.48. The maximum Gasteiger partial charge on any atom is 0.123 e. The van der Waals surface area contributed by atoms with Crippen molar-refractivity contribution < 1.29 is 4.39 Å². The van der Waals surface area contributed by atoms with Crippen molar-refractivity contribution in [1.82, 2.24) is 0 Å². The smallest absolute Gasteiger partial charge is 0.123 e. The Bertz CT molecular complexity index is 474. The van der Waals surface area contributed by atoms with E-state index in [1.54, 1.807) is 12.1 Å². The van der Waals surface area contributed by atoms with Crippen molar-refractivity contribution in [3.63, 3.8) is 0 Å². The average molecular weight is 265 g/mol. The Morgan fingerprint density at radius 3 is 2.27 bits per heavy atom. The summed E-state index contributed by atoms with van der Waals surface area (Å²) < 4.78 is 13.8. The van der Waals surface area contributed by atoms with Crippen molar-refractivity contribution in [2.24, 2.45) is 0 Å². The van der Waals surface area contributed by atoms with Crippen LogP contribution in [0.3, 0.4) is 0 Å². The summed E-state index contributed by atoms with van der Waals surface area (Å²) in [6, 6.07) is 12.6. The van der Waals surface area contributed by atoms with Crippen LogP contribution in [0.2, 0.25) is 0 Å². The molecule has 0 N–H and O–H groups in total. The first-order chi connectivity index (χ1) is 7.16. The summed E-state index contributed by atoms with van der Waals surface area (Å²) in [5, 5.41) is 0. The van der Waals surface area contributed by atoms with Crippen molar-refractivity contribution >= 4 is 15.9 Å². The molecule has 0 bridgehead atoms. The van der Waals surface area contributed by atoms with Crippen LogP contribution in [0.5, 0.6) is 0 Å². The van der Waals surface area contributed by atoms with Crippen LogP contribution in [0.15, 0.2) is 46.9 Å². The summed E-state index contributed by atoms with van der Waals surface area (Å²) in [6.45, 7) is 2.04. The highest BCUT2D eigenvalue weighted by molar-refractivity contribution is 9.10. The van der Waals surface area contributed by atoms with Gasteiger partial charge in [0, 0.05) is 4.47 Å². The number of rotatable bonds is 1. The molecule has 0 radical (unpaired) electrons. The van der Waals surface area contributed by atoms with Gasteiger partial charge >= 0.3 is 0 Å². The molecule has 0 fully saturated rings. The summed E-state index contributed by atoms with van der Waals surface area (Å²) in [4.78, 5) is 0. The molecule has 0 aromatic heterocycles. The fraction of sp³-hybridized carbons (Fsp3) is 0.0769. The van der Waals surface area contributed by atoms with E-state index < -0.39 is 0 Å². The third-order valence-electron chi connectivity index (χ3n) is 2.28. The molecule has 0 aliphatic carbocycles. The second kappa shape index (κ2) is 4.15. The highest BCUT2D eigenvalue weighted by Crippen LogP contribution is 2.28. The van der Waals surface area contributed by atoms with Crippen molar-refractivity contribution in [2.45, 2.75) is 6.92 Å². The minimum atomic E-state index is -0.206. The maximum absolute atomic E-state index is 12.8. The molecule has 0 aliphatic heterocycles. The van der Waals surface area contributed by atoms with Crippen LogP contribution in [-0.4, -0.2) is 0 Å². The molecule has 2 heteroatoms. The lowest BCUT2D eigenvalue weighted by Crippen LogP contribution is -1.82. The van der Waals surface area contributed by atoms with Crippen molar-refractivity contribution in [2.75, 3.05) is 0 Å². The molecule has 2 aromatic rings. The molecular formula is C13H10BrF. The Hall–Kier alpha value is -1.15. The Morgan fingerprint density at radius 1 is 1.00 bits per heavy atom. The topological polar surface area (TPSA) is 0 Å². The molecule has 0 amide bonds. The van der Waals surface area contributed by atoms with Gasteiger partial charge in [0.05, 0.1) is 0 Å². The monoisotopic (exact) mass is 264 g/mol. The van der Waals surface area contributed by atoms with Crippen LogP contribution in [-0.2, 0) is 0 Å². The number of benzene rings is 2. The van der Waals surface area contributed by atoms with Gasteiger partial charge in [0.1, 0.15) is 5.82 Å². The lowest BCUT2D eigenvalue weighted by molar-refractivity contribution is 0.628. The molecule has 2 rings (SSSR count). The second-order valence-corrected chi connectivity index (χ2v) is 4.34. The van der Waals surface area contributed by atoms with Gasteiger partial charge < -0.3 is 0 Å². The lowest BCUT2D eigenvalue weighted by Gasteiger charge is -2.05. The molecule has 76 valence electrons. The Morgan fingerprint density at radius 2 is 1.67 bits per heavy atom. The van der Waals surface area contributed by atoms with E-state index >= 15 is 0 Å². The Balaban J connectivity index is 2.49. The molecule has 15 heavy (non-hydrogen) atoms. The van der Waals surface area contributed by atoms with Crippen molar-refractivity contribution in [3.05, 3.63) is 58.3 Å². The highest BCUT2D eigenvalue weighted by Gasteiger charge is 2.02. The normalized spacial score (nSPS) is 10.3. The molecule has 0 aliphatic rings. The molecule has 0 nitrogen and oxygen atoms in total. The summed E-state index contributed by atoms with van der Waals surface area (Å²) in [6.07, 6.45) is 0. The van der Waals surface area contributed by atoms with E-state index in [9.17, 15) is 4.39 Å². The lowest BCUT2D eigenvalue weighted by atomic mass is 10.0. The van der Waals surface area contributed by atoms with Crippen molar-refractivity contribution in [3.8, 4) is 11.1 Å². The number of halogens is 2. The van der Waals surface area contributed by atoms with Crippen LogP contribution in [0, 0.1) is 12.7 Å². The minimum Gasteiger partial charge on any atom is -0.207 e. The summed E-state index contributed by atoms with van der Waals surface area (Å²) >= 11 is 3.51. The summed E-state index contributed by atoms with van der Waals surface area (Å²) in [5.74, 6) is -0.206. The van der Waals surface area contributed by atoms with E-state index in [4.69, 9.17) is 0 Å². The summed E-state index contributed by atoms with van der Waals surface area (Å²) in [5.41, 5.74) is 3.30. The third-order valence-corrected chi connectivity index (χ3v) is 2.94. The molecule has 2 aromatic carbocycles. The molecule has 0 heterocycles. The van der Waals surface area contributed by atoms with Crippen LogP contribution in [0.1, 0.15) is 5.56 Å². The van der Waals surface area contributed by atoms with Crippen LogP contribution in [0.25, 0.3) is 11.1 Å². The molecule has 0 atom stereocenters. The molecule has 0 spiro atoms. The van der Waals surface area contributed by atoms with E-state index in [1.807, 2.05) is 19.1 Å². The predicted octanol–water partition coefficient (Wildman–Crippen LogP) is 4.56. The second-order valence-electron chi connectivity index (χ2n) is 3.49. The first-order valence-corrected chi connectivity index (χ1v) is 5.48.